The Labute approximate surface area is 117 Å². The first-order valence-electron chi connectivity index (χ1n) is 6.83. The van der Waals surface area contributed by atoms with E-state index in [1.165, 1.54) is 42.2 Å². The van der Waals surface area contributed by atoms with Crippen LogP contribution >= 0.6 is 11.3 Å². The Bertz CT molecular complexity index is 614. The lowest BCUT2D eigenvalue weighted by Crippen LogP contribution is -2.18. The van der Waals surface area contributed by atoms with Crippen molar-refractivity contribution in [3.05, 3.63) is 46.6 Å². The fraction of sp³-hybridized carbons (Fsp3) is 0.375. The van der Waals surface area contributed by atoms with E-state index in [1.54, 1.807) is 17.4 Å². The molecular weight excluding hydrogens is 257 g/mol. The van der Waals surface area contributed by atoms with Gasteiger partial charge in [0.25, 0.3) is 0 Å². The molecule has 3 rings (SSSR count). The molecule has 0 fully saturated rings. The van der Waals surface area contributed by atoms with Crippen LogP contribution in [-0.2, 0) is 0 Å². The molecule has 0 saturated carbocycles. The molecule has 0 saturated heterocycles. The third kappa shape index (κ3) is 2.58. The van der Waals surface area contributed by atoms with Crippen molar-refractivity contribution in [3.63, 3.8) is 0 Å². The maximum Gasteiger partial charge on any atom is 0.124 e. The molecule has 1 aliphatic rings. The lowest BCUT2D eigenvalue weighted by molar-refractivity contribution is 0.599. The zero-order valence-corrected chi connectivity index (χ0v) is 11.9. The summed E-state index contributed by atoms with van der Waals surface area (Å²) in [6, 6.07) is 7.52. The normalized spacial score (nSPS) is 17.5. The van der Waals surface area contributed by atoms with E-state index in [1.807, 2.05) is 13.1 Å². The Morgan fingerprint density at radius 2 is 2.16 bits per heavy atom. The molecule has 0 spiro atoms. The minimum atomic E-state index is -0.154. The first kappa shape index (κ1) is 12.8. The zero-order chi connectivity index (χ0) is 13.2. The fourth-order valence-corrected chi connectivity index (χ4v) is 4.05. The van der Waals surface area contributed by atoms with Crippen molar-refractivity contribution >= 4 is 21.4 Å². The van der Waals surface area contributed by atoms with Crippen LogP contribution in [0.25, 0.3) is 10.1 Å². The summed E-state index contributed by atoms with van der Waals surface area (Å²) in [6.45, 7) is 0. The Balaban J connectivity index is 1.98. The average Bonchev–Trinajstić information content (AvgIpc) is 2.83. The van der Waals surface area contributed by atoms with Crippen molar-refractivity contribution in [1.29, 1.82) is 0 Å². The van der Waals surface area contributed by atoms with Crippen molar-refractivity contribution in [3.8, 4) is 0 Å². The number of rotatable bonds is 3. The van der Waals surface area contributed by atoms with Crippen LogP contribution in [0.2, 0.25) is 0 Å². The zero-order valence-electron chi connectivity index (χ0n) is 11.1. The van der Waals surface area contributed by atoms with Gasteiger partial charge in [0.15, 0.2) is 0 Å². The van der Waals surface area contributed by atoms with E-state index in [9.17, 15) is 4.39 Å². The van der Waals surface area contributed by atoms with Gasteiger partial charge in [-0.15, -0.1) is 11.3 Å². The molecule has 0 aliphatic heterocycles. The summed E-state index contributed by atoms with van der Waals surface area (Å²) >= 11 is 1.69. The highest BCUT2D eigenvalue weighted by atomic mass is 32.1. The van der Waals surface area contributed by atoms with Crippen LogP contribution in [0.5, 0.6) is 0 Å². The van der Waals surface area contributed by atoms with Crippen LogP contribution in [0.4, 0.5) is 4.39 Å². The van der Waals surface area contributed by atoms with Gasteiger partial charge in [-0.1, -0.05) is 17.7 Å². The van der Waals surface area contributed by atoms with Crippen molar-refractivity contribution in [2.45, 2.75) is 31.7 Å². The maximum absolute atomic E-state index is 13.3. The molecule has 0 amide bonds. The topological polar surface area (TPSA) is 12.0 Å². The summed E-state index contributed by atoms with van der Waals surface area (Å²) in [7, 11) is 2.01. The predicted molar refractivity (Wildman–Crippen MR) is 80.1 cm³/mol. The summed E-state index contributed by atoms with van der Waals surface area (Å²) in [4.78, 5) is 1.29. The number of thiophene rings is 1. The van der Waals surface area contributed by atoms with Gasteiger partial charge in [-0.25, -0.2) is 4.39 Å². The van der Waals surface area contributed by atoms with E-state index in [0.29, 0.717) is 6.04 Å². The fourth-order valence-electron chi connectivity index (χ4n) is 2.80. The Morgan fingerprint density at radius 3 is 2.89 bits per heavy atom. The highest BCUT2D eigenvalue weighted by Crippen LogP contribution is 2.36. The van der Waals surface area contributed by atoms with E-state index in [0.717, 1.165) is 10.1 Å². The Morgan fingerprint density at radius 1 is 1.26 bits per heavy atom. The van der Waals surface area contributed by atoms with Gasteiger partial charge in [0.1, 0.15) is 5.82 Å². The first-order chi connectivity index (χ1) is 9.28. The lowest BCUT2D eigenvalue weighted by Gasteiger charge is -2.21. The Kier molecular flexibility index (Phi) is 3.67. The molecule has 100 valence electrons. The number of fused-ring (bicyclic) bond motifs is 1. The monoisotopic (exact) mass is 275 g/mol. The molecule has 0 bridgehead atoms. The SMILES string of the molecule is CNC(C1=CCCCC1)c1cc2ccc(F)cc2s1. The molecular formula is C16H18FNS. The third-order valence-electron chi connectivity index (χ3n) is 3.77. The number of allylic oxidation sites excluding steroid dienone is 1. The van der Waals surface area contributed by atoms with Crippen molar-refractivity contribution in [1.82, 2.24) is 5.32 Å². The van der Waals surface area contributed by atoms with Crippen LogP contribution < -0.4 is 5.32 Å². The lowest BCUT2D eigenvalue weighted by atomic mass is 9.93. The standard InChI is InChI=1S/C16H18FNS/c1-18-16(11-5-3-2-4-6-11)15-9-12-7-8-13(17)10-14(12)19-15/h5,7-10,16,18H,2-4,6H2,1H3. The van der Waals surface area contributed by atoms with Gasteiger partial charge in [-0.05, 0) is 56.3 Å². The second-order valence-electron chi connectivity index (χ2n) is 5.08. The second kappa shape index (κ2) is 5.43. The Hall–Kier alpha value is -1.19. The van der Waals surface area contributed by atoms with E-state index < -0.39 is 0 Å². The molecule has 1 aromatic carbocycles. The molecule has 2 aromatic rings. The number of benzene rings is 1. The smallest absolute Gasteiger partial charge is 0.124 e. The van der Waals surface area contributed by atoms with Crippen LogP contribution in [0.1, 0.15) is 36.6 Å². The van der Waals surface area contributed by atoms with Crippen LogP contribution in [0.15, 0.2) is 35.9 Å². The van der Waals surface area contributed by atoms with Gasteiger partial charge >= 0.3 is 0 Å². The van der Waals surface area contributed by atoms with Gasteiger partial charge in [0, 0.05) is 9.58 Å². The summed E-state index contributed by atoms with van der Waals surface area (Å²) in [5.41, 5.74) is 1.49. The molecule has 3 heteroatoms. The maximum atomic E-state index is 13.3. The van der Waals surface area contributed by atoms with Gasteiger partial charge in [-0.3, -0.25) is 0 Å². The number of likely N-dealkylation sites (N-methyl/N-ethyl adjacent to an activating group) is 1. The summed E-state index contributed by atoms with van der Waals surface area (Å²) < 4.78 is 14.3. The molecule has 1 aliphatic carbocycles. The van der Waals surface area contributed by atoms with Crippen LogP contribution in [0.3, 0.4) is 0 Å². The third-order valence-corrected chi connectivity index (χ3v) is 4.93. The highest BCUT2D eigenvalue weighted by Gasteiger charge is 2.18. The van der Waals surface area contributed by atoms with E-state index in [-0.39, 0.29) is 5.82 Å². The minimum Gasteiger partial charge on any atom is -0.309 e. The first-order valence-corrected chi connectivity index (χ1v) is 7.65. The highest BCUT2D eigenvalue weighted by molar-refractivity contribution is 7.19. The summed E-state index contributed by atoms with van der Waals surface area (Å²) in [6.07, 6.45) is 7.32. The van der Waals surface area contributed by atoms with Crippen molar-refractivity contribution in [2.75, 3.05) is 7.05 Å². The van der Waals surface area contributed by atoms with Gasteiger partial charge in [0.2, 0.25) is 0 Å². The minimum absolute atomic E-state index is 0.154. The van der Waals surface area contributed by atoms with Gasteiger partial charge < -0.3 is 5.32 Å². The predicted octanol–water partition coefficient (Wildman–Crippen LogP) is 4.80. The van der Waals surface area contributed by atoms with Crippen molar-refractivity contribution < 1.29 is 4.39 Å². The molecule has 1 heterocycles. The van der Waals surface area contributed by atoms with E-state index in [4.69, 9.17) is 0 Å². The molecule has 0 radical (unpaired) electrons. The van der Waals surface area contributed by atoms with E-state index in [2.05, 4.69) is 17.5 Å². The van der Waals surface area contributed by atoms with Gasteiger partial charge in [-0.2, -0.15) is 0 Å². The van der Waals surface area contributed by atoms with Crippen LogP contribution in [-0.4, -0.2) is 7.05 Å². The number of halogens is 1. The summed E-state index contributed by atoms with van der Waals surface area (Å²) in [5, 5.41) is 4.55. The molecule has 1 unspecified atom stereocenters. The molecule has 1 atom stereocenters. The number of hydrogen-bond donors (Lipinski definition) is 1. The quantitative estimate of drug-likeness (QED) is 0.793. The second-order valence-corrected chi connectivity index (χ2v) is 6.19. The molecule has 1 aromatic heterocycles. The van der Waals surface area contributed by atoms with Gasteiger partial charge in [0.05, 0.1) is 6.04 Å². The molecule has 1 nitrogen and oxygen atoms in total. The number of nitrogens with one attached hydrogen (secondary N) is 1. The average molecular weight is 275 g/mol. The number of hydrogen-bond acceptors (Lipinski definition) is 2. The summed E-state index contributed by atoms with van der Waals surface area (Å²) in [5.74, 6) is -0.154. The largest absolute Gasteiger partial charge is 0.309 e. The molecule has 1 N–H and O–H groups in total. The molecule has 19 heavy (non-hydrogen) atoms. The van der Waals surface area contributed by atoms with E-state index >= 15 is 0 Å². The van der Waals surface area contributed by atoms with Crippen molar-refractivity contribution in [2.24, 2.45) is 0 Å². The van der Waals surface area contributed by atoms with Crippen LogP contribution in [0, 0.1) is 5.82 Å².